The van der Waals surface area contributed by atoms with Gasteiger partial charge in [0.15, 0.2) is 0 Å². The van der Waals surface area contributed by atoms with E-state index in [9.17, 15) is 9.59 Å². The monoisotopic (exact) mass is 330 g/mol. The van der Waals surface area contributed by atoms with Crippen LogP contribution in [0.15, 0.2) is 22.7 Å². The van der Waals surface area contributed by atoms with Gasteiger partial charge >= 0.3 is 0 Å². The molecule has 0 radical (unpaired) electrons. The first-order chi connectivity index (χ1) is 8.50. The van der Waals surface area contributed by atoms with Crippen molar-refractivity contribution >= 4 is 45.0 Å². The van der Waals surface area contributed by atoms with E-state index in [1.807, 2.05) is 0 Å². The number of carbonyl (C=O) groups excluding carboxylic acids is 2. The molecule has 0 aliphatic carbocycles. The molecule has 2 rings (SSSR count). The van der Waals surface area contributed by atoms with Gasteiger partial charge in [-0.2, -0.15) is 0 Å². The molecule has 0 aromatic heterocycles. The average Bonchev–Trinajstić information content (AvgIpc) is 2.44. The van der Waals surface area contributed by atoms with Gasteiger partial charge in [-0.15, -0.1) is 0 Å². The van der Waals surface area contributed by atoms with Gasteiger partial charge in [-0.05, 0) is 35.0 Å². The highest BCUT2D eigenvalue weighted by molar-refractivity contribution is 9.10. The normalized spacial score (nSPS) is 20.6. The highest BCUT2D eigenvalue weighted by atomic mass is 79.9. The molecular weight excluding hydrogens is 320 g/mol. The van der Waals surface area contributed by atoms with E-state index in [-0.39, 0.29) is 18.2 Å². The van der Waals surface area contributed by atoms with Gasteiger partial charge in [0.05, 0.1) is 15.2 Å². The Morgan fingerprint density at radius 1 is 1.44 bits per heavy atom. The summed E-state index contributed by atoms with van der Waals surface area (Å²) in [6, 6.07) is 4.80. The molecule has 1 saturated heterocycles. The van der Waals surface area contributed by atoms with Crippen LogP contribution in [0.25, 0.3) is 0 Å². The smallest absolute Gasteiger partial charge is 0.249 e. The molecule has 4 nitrogen and oxygen atoms in total. The largest absolute Gasteiger partial charge is 0.345 e. The van der Waals surface area contributed by atoms with E-state index in [1.54, 1.807) is 30.0 Å². The average molecular weight is 332 g/mol. The Kier molecular flexibility index (Phi) is 3.92. The third kappa shape index (κ3) is 2.52. The van der Waals surface area contributed by atoms with E-state index >= 15 is 0 Å². The molecule has 18 heavy (non-hydrogen) atoms. The van der Waals surface area contributed by atoms with Gasteiger partial charge in [0, 0.05) is 13.0 Å². The molecule has 1 aromatic carbocycles. The molecule has 1 aromatic rings. The van der Waals surface area contributed by atoms with Gasteiger partial charge in [-0.1, -0.05) is 17.7 Å². The van der Waals surface area contributed by atoms with Gasteiger partial charge < -0.3 is 10.2 Å². The Hall–Kier alpha value is -1.07. The minimum atomic E-state index is -0.522. The van der Waals surface area contributed by atoms with Crippen LogP contribution in [0, 0.1) is 0 Å². The van der Waals surface area contributed by atoms with Crippen molar-refractivity contribution < 1.29 is 9.59 Å². The molecule has 6 heteroatoms. The van der Waals surface area contributed by atoms with Crippen LogP contribution in [0.3, 0.4) is 0 Å². The van der Waals surface area contributed by atoms with Crippen molar-refractivity contribution in [2.75, 3.05) is 11.4 Å². The SMILES string of the molecule is CC1NC(=O)CCN(c2cccc(Cl)c2Br)C1=O. The summed E-state index contributed by atoms with van der Waals surface area (Å²) in [6.45, 7) is 2.03. The summed E-state index contributed by atoms with van der Waals surface area (Å²) in [4.78, 5) is 25.2. The molecule has 1 atom stereocenters. The number of amides is 2. The summed E-state index contributed by atoms with van der Waals surface area (Å²) in [5.74, 6) is -0.250. The molecule has 1 heterocycles. The molecule has 0 spiro atoms. The molecule has 1 aliphatic heterocycles. The standard InChI is InChI=1S/C12H12BrClN2O2/c1-7-12(18)16(6-5-10(17)15-7)9-4-2-3-8(14)11(9)13/h2-4,7H,5-6H2,1H3,(H,15,17). The lowest BCUT2D eigenvalue weighted by Crippen LogP contribution is -2.42. The van der Waals surface area contributed by atoms with Crippen LogP contribution in [0.1, 0.15) is 13.3 Å². The first-order valence-electron chi connectivity index (χ1n) is 5.55. The zero-order chi connectivity index (χ0) is 13.3. The first kappa shape index (κ1) is 13.4. The van der Waals surface area contributed by atoms with Crippen molar-refractivity contribution in [3.8, 4) is 0 Å². The Bertz CT molecular complexity index is 507. The summed E-state index contributed by atoms with van der Waals surface area (Å²) in [6.07, 6.45) is 0.287. The maximum atomic E-state index is 12.2. The molecule has 96 valence electrons. The zero-order valence-corrected chi connectivity index (χ0v) is 12.1. The highest BCUT2D eigenvalue weighted by Gasteiger charge is 2.28. The fourth-order valence-corrected chi connectivity index (χ4v) is 2.52. The lowest BCUT2D eigenvalue weighted by atomic mass is 10.2. The lowest BCUT2D eigenvalue weighted by molar-refractivity contribution is -0.125. The van der Waals surface area contributed by atoms with E-state index in [2.05, 4.69) is 21.2 Å². The fourth-order valence-electron chi connectivity index (χ4n) is 1.87. The Labute approximate surface area is 118 Å². The quantitative estimate of drug-likeness (QED) is 0.859. The van der Waals surface area contributed by atoms with Crippen LogP contribution in [0.4, 0.5) is 5.69 Å². The minimum absolute atomic E-state index is 0.114. The van der Waals surface area contributed by atoms with Crippen molar-refractivity contribution in [1.29, 1.82) is 0 Å². The number of nitrogens with zero attached hydrogens (tertiary/aromatic N) is 1. The molecule has 2 amide bonds. The summed E-state index contributed by atoms with van der Waals surface area (Å²) >= 11 is 9.39. The Balaban J connectivity index is 2.39. The minimum Gasteiger partial charge on any atom is -0.345 e. The molecular formula is C12H12BrClN2O2. The predicted octanol–water partition coefficient (Wildman–Crippen LogP) is 2.34. The number of anilines is 1. The predicted molar refractivity (Wildman–Crippen MR) is 73.7 cm³/mol. The number of hydrogen-bond donors (Lipinski definition) is 1. The number of carbonyl (C=O) groups is 2. The van der Waals surface area contributed by atoms with Gasteiger partial charge in [0.25, 0.3) is 0 Å². The van der Waals surface area contributed by atoms with E-state index < -0.39 is 6.04 Å². The first-order valence-corrected chi connectivity index (χ1v) is 6.72. The van der Waals surface area contributed by atoms with Crippen LogP contribution < -0.4 is 10.2 Å². The van der Waals surface area contributed by atoms with Crippen molar-refractivity contribution in [3.05, 3.63) is 27.7 Å². The summed E-state index contributed by atoms with van der Waals surface area (Å²) in [7, 11) is 0. The highest BCUT2D eigenvalue weighted by Crippen LogP contribution is 2.33. The lowest BCUT2D eigenvalue weighted by Gasteiger charge is -2.23. The van der Waals surface area contributed by atoms with Crippen LogP contribution in [0.5, 0.6) is 0 Å². The Morgan fingerprint density at radius 2 is 2.17 bits per heavy atom. The summed E-state index contributed by atoms with van der Waals surface area (Å²) in [5.41, 5.74) is 0.691. The van der Waals surface area contributed by atoms with Crippen molar-refractivity contribution in [3.63, 3.8) is 0 Å². The maximum Gasteiger partial charge on any atom is 0.249 e. The molecule has 1 unspecified atom stereocenters. The van der Waals surface area contributed by atoms with Crippen LogP contribution in [-0.4, -0.2) is 24.4 Å². The second-order valence-electron chi connectivity index (χ2n) is 4.10. The third-order valence-corrected chi connectivity index (χ3v) is 4.18. The zero-order valence-electron chi connectivity index (χ0n) is 9.74. The Morgan fingerprint density at radius 3 is 2.89 bits per heavy atom. The van der Waals surface area contributed by atoms with Crippen LogP contribution >= 0.6 is 27.5 Å². The topological polar surface area (TPSA) is 49.4 Å². The van der Waals surface area contributed by atoms with E-state index in [0.717, 1.165) is 0 Å². The fraction of sp³-hybridized carbons (Fsp3) is 0.333. The maximum absolute atomic E-state index is 12.2. The van der Waals surface area contributed by atoms with Gasteiger partial charge in [-0.3, -0.25) is 9.59 Å². The van der Waals surface area contributed by atoms with Gasteiger partial charge in [0.2, 0.25) is 11.8 Å². The molecule has 1 aliphatic rings. The summed E-state index contributed by atoms with van der Waals surface area (Å²) in [5, 5.41) is 3.19. The molecule has 1 N–H and O–H groups in total. The van der Waals surface area contributed by atoms with Gasteiger partial charge in [0.1, 0.15) is 6.04 Å². The van der Waals surface area contributed by atoms with E-state index in [0.29, 0.717) is 21.7 Å². The van der Waals surface area contributed by atoms with Crippen molar-refractivity contribution in [1.82, 2.24) is 5.32 Å². The molecule has 1 fully saturated rings. The van der Waals surface area contributed by atoms with E-state index in [1.165, 1.54) is 0 Å². The third-order valence-electron chi connectivity index (χ3n) is 2.80. The number of benzene rings is 1. The molecule has 0 saturated carbocycles. The second-order valence-corrected chi connectivity index (χ2v) is 5.30. The van der Waals surface area contributed by atoms with Gasteiger partial charge in [-0.25, -0.2) is 0 Å². The second kappa shape index (κ2) is 5.28. The van der Waals surface area contributed by atoms with Crippen LogP contribution in [0.2, 0.25) is 5.02 Å². The summed E-state index contributed by atoms with van der Waals surface area (Å²) < 4.78 is 0.668. The number of rotatable bonds is 1. The van der Waals surface area contributed by atoms with E-state index in [4.69, 9.17) is 11.6 Å². The molecule has 0 bridgehead atoms. The van der Waals surface area contributed by atoms with Crippen LogP contribution in [-0.2, 0) is 9.59 Å². The number of halogens is 2. The number of nitrogens with one attached hydrogen (secondary N) is 1. The van der Waals surface area contributed by atoms with Crippen molar-refractivity contribution in [2.24, 2.45) is 0 Å². The van der Waals surface area contributed by atoms with Crippen molar-refractivity contribution in [2.45, 2.75) is 19.4 Å². The number of hydrogen-bond acceptors (Lipinski definition) is 2.